The highest BCUT2D eigenvalue weighted by atomic mass is 79.9. The Bertz CT molecular complexity index is 555. The van der Waals surface area contributed by atoms with E-state index in [1.807, 2.05) is 0 Å². The summed E-state index contributed by atoms with van der Waals surface area (Å²) in [7, 11) is 0. The first-order valence-electron chi connectivity index (χ1n) is 6.27. The van der Waals surface area contributed by atoms with Crippen LogP contribution in [0, 0.1) is 10.1 Å². The molecule has 0 bridgehead atoms. The minimum atomic E-state index is -0.656. The Morgan fingerprint density at radius 1 is 1.50 bits per heavy atom. The molecule has 2 rings (SSSR count). The number of amides is 1. The van der Waals surface area contributed by atoms with E-state index in [1.54, 1.807) is 0 Å². The third kappa shape index (κ3) is 5.18. The summed E-state index contributed by atoms with van der Waals surface area (Å²) in [4.78, 5) is 21.5. The van der Waals surface area contributed by atoms with Crippen LogP contribution in [0.2, 0.25) is 0 Å². The van der Waals surface area contributed by atoms with E-state index in [1.165, 1.54) is 18.3 Å². The molecule has 1 aromatic heterocycles. The molecule has 0 aromatic carbocycles. The lowest BCUT2D eigenvalue weighted by Gasteiger charge is -2.34. The fourth-order valence-corrected chi connectivity index (χ4v) is 1.86. The third-order valence-electron chi connectivity index (χ3n) is 2.99. The number of hydrazone groups is 1. The summed E-state index contributed by atoms with van der Waals surface area (Å²) in [5, 5.41) is 14.1. The third-order valence-corrected chi connectivity index (χ3v) is 2.99. The molecule has 1 aliphatic rings. The summed E-state index contributed by atoms with van der Waals surface area (Å²) in [6.45, 7) is 2.23. The number of furan rings is 1. The first kappa shape index (κ1) is 18.2. The average Bonchev–Trinajstić information content (AvgIpc) is 2.88. The van der Waals surface area contributed by atoms with Crippen molar-refractivity contribution in [2.24, 2.45) is 10.9 Å². The SMILES string of the molecule is N[N+]1(CC(=O)N/N=C/c2ccc([N+](=O)[O-])o2)CCOCC1.[Br-]. The number of nitrogens with zero attached hydrogens (tertiary/aromatic N) is 3. The van der Waals surface area contributed by atoms with Crippen molar-refractivity contribution in [3.63, 3.8) is 0 Å². The van der Waals surface area contributed by atoms with Crippen molar-refractivity contribution >= 4 is 18.0 Å². The summed E-state index contributed by atoms with van der Waals surface area (Å²) in [5.41, 5.74) is 2.31. The maximum Gasteiger partial charge on any atom is 0.433 e. The largest absolute Gasteiger partial charge is 1.00 e. The molecule has 2 heterocycles. The van der Waals surface area contributed by atoms with E-state index in [9.17, 15) is 14.9 Å². The molecule has 1 amide bonds. The fourth-order valence-electron chi connectivity index (χ4n) is 1.86. The Labute approximate surface area is 136 Å². The molecule has 0 aliphatic carbocycles. The highest BCUT2D eigenvalue weighted by molar-refractivity contribution is 5.81. The van der Waals surface area contributed by atoms with E-state index in [4.69, 9.17) is 15.0 Å². The van der Waals surface area contributed by atoms with Gasteiger partial charge >= 0.3 is 5.88 Å². The van der Waals surface area contributed by atoms with Crippen molar-refractivity contribution < 1.29 is 40.4 Å². The molecule has 1 aromatic rings. The van der Waals surface area contributed by atoms with Gasteiger partial charge in [-0.25, -0.2) is 10.0 Å². The maximum absolute atomic E-state index is 11.7. The highest BCUT2D eigenvalue weighted by Gasteiger charge is 2.29. The fraction of sp³-hybridized carbons (Fsp3) is 0.455. The number of halogens is 1. The number of nitrogens with one attached hydrogen (secondary N) is 1. The quantitative estimate of drug-likeness (QED) is 0.179. The minimum Gasteiger partial charge on any atom is -1.00 e. The molecule has 0 saturated carbocycles. The number of rotatable bonds is 5. The molecule has 122 valence electrons. The van der Waals surface area contributed by atoms with E-state index in [0.717, 1.165) is 0 Å². The van der Waals surface area contributed by atoms with Crippen LogP contribution in [-0.4, -0.2) is 54.5 Å². The molecule has 0 radical (unpaired) electrons. The van der Waals surface area contributed by atoms with Gasteiger partial charge in [-0.05, 0) is 6.07 Å². The van der Waals surface area contributed by atoms with Gasteiger partial charge in [0.2, 0.25) is 0 Å². The van der Waals surface area contributed by atoms with E-state index in [0.29, 0.717) is 26.3 Å². The predicted molar refractivity (Wildman–Crippen MR) is 71.0 cm³/mol. The Kier molecular flexibility index (Phi) is 6.61. The smallest absolute Gasteiger partial charge is 0.433 e. The molecule has 22 heavy (non-hydrogen) atoms. The molecular weight excluding hydrogens is 362 g/mol. The van der Waals surface area contributed by atoms with Gasteiger partial charge in [-0.1, -0.05) is 0 Å². The van der Waals surface area contributed by atoms with Crippen LogP contribution >= 0.6 is 0 Å². The normalized spacial score (nSPS) is 17.0. The van der Waals surface area contributed by atoms with E-state index < -0.39 is 4.92 Å². The Hall–Kier alpha value is -1.82. The molecule has 11 heteroatoms. The van der Waals surface area contributed by atoms with Gasteiger partial charge in [0.1, 0.15) is 18.0 Å². The number of ether oxygens (including phenoxy) is 1. The number of nitro groups is 1. The standard InChI is InChI=1S/C11H15N5O5.BrH/c12-16(3-5-20-6-4-16)8-10(17)14-13-7-9-1-2-11(21-9)15(18)19;/h1-2,7H,3-6,8,12H2;1H/b13-7+;. The first-order chi connectivity index (χ1) is 9.98. The summed E-state index contributed by atoms with van der Waals surface area (Å²) in [5.74, 6) is 5.47. The van der Waals surface area contributed by atoms with Crippen molar-refractivity contribution in [3.8, 4) is 0 Å². The van der Waals surface area contributed by atoms with Crippen molar-refractivity contribution in [1.82, 2.24) is 5.43 Å². The Morgan fingerprint density at radius 2 is 2.18 bits per heavy atom. The molecule has 1 saturated heterocycles. The topological polar surface area (TPSA) is 133 Å². The number of hydrogen-bond donors (Lipinski definition) is 2. The molecule has 1 fully saturated rings. The van der Waals surface area contributed by atoms with Gasteiger partial charge in [-0.2, -0.15) is 10.9 Å². The molecule has 10 nitrogen and oxygen atoms in total. The summed E-state index contributed by atoms with van der Waals surface area (Å²) < 4.78 is 10.1. The Balaban J connectivity index is 0.00000242. The summed E-state index contributed by atoms with van der Waals surface area (Å²) in [6.07, 6.45) is 1.19. The molecule has 0 spiro atoms. The zero-order valence-corrected chi connectivity index (χ0v) is 13.2. The van der Waals surface area contributed by atoms with Gasteiger partial charge in [0, 0.05) is 0 Å². The second-order valence-electron chi connectivity index (χ2n) is 4.66. The van der Waals surface area contributed by atoms with Crippen LogP contribution < -0.4 is 28.2 Å². The van der Waals surface area contributed by atoms with Gasteiger partial charge in [0.05, 0.1) is 25.5 Å². The zero-order chi connectivity index (χ0) is 15.3. The lowest BCUT2D eigenvalue weighted by Crippen LogP contribution is -3.00. The second kappa shape index (κ2) is 7.98. The van der Waals surface area contributed by atoms with Crippen LogP contribution in [0.25, 0.3) is 0 Å². The lowest BCUT2D eigenvalue weighted by molar-refractivity contribution is -0.939. The molecule has 3 N–H and O–H groups in total. The van der Waals surface area contributed by atoms with Crippen molar-refractivity contribution in [3.05, 3.63) is 28.0 Å². The molecule has 0 unspecified atom stereocenters. The van der Waals surface area contributed by atoms with E-state index >= 15 is 0 Å². The van der Waals surface area contributed by atoms with Crippen LogP contribution in [0.5, 0.6) is 0 Å². The number of carbonyl (C=O) groups is 1. The summed E-state index contributed by atoms with van der Waals surface area (Å²) >= 11 is 0. The molecular formula is C11H16BrN5O5. The van der Waals surface area contributed by atoms with Crippen LogP contribution in [0.15, 0.2) is 21.7 Å². The number of morpholine rings is 1. The predicted octanol–water partition coefficient (Wildman–Crippen LogP) is -3.64. The van der Waals surface area contributed by atoms with Crippen LogP contribution in [0.3, 0.4) is 0 Å². The average molecular weight is 378 g/mol. The van der Waals surface area contributed by atoms with Crippen LogP contribution in [-0.2, 0) is 9.53 Å². The zero-order valence-electron chi connectivity index (χ0n) is 11.6. The first-order valence-corrected chi connectivity index (χ1v) is 6.27. The van der Waals surface area contributed by atoms with Crippen molar-refractivity contribution in [2.45, 2.75) is 0 Å². The van der Waals surface area contributed by atoms with Gasteiger partial charge < -0.3 is 26.1 Å². The van der Waals surface area contributed by atoms with Crippen LogP contribution in [0.1, 0.15) is 5.76 Å². The van der Waals surface area contributed by atoms with Gasteiger partial charge in [0.15, 0.2) is 12.3 Å². The second-order valence-corrected chi connectivity index (χ2v) is 4.66. The van der Waals surface area contributed by atoms with Crippen molar-refractivity contribution in [1.29, 1.82) is 0 Å². The minimum absolute atomic E-state index is 0. The van der Waals surface area contributed by atoms with Gasteiger partial charge in [-0.3, -0.25) is 14.9 Å². The van der Waals surface area contributed by atoms with Gasteiger partial charge in [-0.15, -0.1) is 0 Å². The number of quaternary nitrogens is 1. The molecule has 1 aliphatic heterocycles. The van der Waals surface area contributed by atoms with E-state index in [2.05, 4.69) is 10.5 Å². The lowest BCUT2D eigenvalue weighted by atomic mass is 10.4. The Morgan fingerprint density at radius 3 is 2.77 bits per heavy atom. The van der Waals surface area contributed by atoms with Crippen molar-refractivity contribution in [2.75, 3.05) is 32.8 Å². The van der Waals surface area contributed by atoms with E-state index in [-0.39, 0.29) is 45.7 Å². The highest BCUT2D eigenvalue weighted by Crippen LogP contribution is 2.13. The maximum atomic E-state index is 11.7. The summed E-state index contributed by atoms with van der Waals surface area (Å²) in [6, 6.07) is 2.59. The number of hydrogen-bond acceptors (Lipinski definition) is 7. The van der Waals surface area contributed by atoms with Gasteiger partial charge in [0.25, 0.3) is 5.91 Å². The number of nitrogens with two attached hydrogens (primary N) is 1. The number of carbonyl (C=O) groups excluding carboxylic acids is 1. The molecule has 0 atom stereocenters. The monoisotopic (exact) mass is 377 g/mol. The van der Waals surface area contributed by atoms with Crippen LogP contribution in [0.4, 0.5) is 5.88 Å².